The first-order valence-corrected chi connectivity index (χ1v) is 12.5. The number of allylic oxidation sites excluding steroid dienone is 2. The number of fused-ring (bicyclic) bond motifs is 3. The standard InChI is InChI=1S/C26H31N5O4/c1-2-10-29-24(33)23-19(15-32)18-14-30-21(9-8-17(25(30)34)16-6-4-3-5-7-16)22(18)31(23)26(35)20-13-27-11-12-28-20/h6,8-9,11-13,18-19,22-23,32H,2-5,7,10,14-15H2,1H3,(H,29,33)/t18-,19-,22+,23-/m0/s1. The maximum absolute atomic E-state index is 13.7. The lowest BCUT2D eigenvalue weighted by atomic mass is 9.88. The Kier molecular flexibility index (Phi) is 6.51. The predicted octanol–water partition coefficient (Wildman–Crippen LogP) is 1.93. The van der Waals surface area contributed by atoms with Crippen LogP contribution in [0, 0.1) is 11.8 Å². The largest absolute Gasteiger partial charge is 0.396 e. The Hall–Kier alpha value is -3.33. The summed E-state index contributed by atoms with van der Waals surface area (Å²) >= 11 is 0. The Labute approximate surface area is 203 Å². The summed E-state index contributed by atoms with van der Waals surface area (Å²) in [5.74, 6) is -1.49. The Balaban J connectivity index is 1.59. The lowest BCUT2D eigenvalue weighted by Gasteiger charge is -2.30. The molecule has 2 N–H and O–H groups in total. The number of hydrogen-bond acceptors (Lipinski definition) is 6. The number of nitrogens with one attached hydrogen (secondary N) is 1. The van der Waals surface area contributed by atoms with Crippen LogP contribution in [0.15, 0.2) is 41.6 Å². The van der Waals surface area contributed by atoms with Gasteiger partial charge in [-0.3, -0.25) is 19.4 Å². The molecule has 5 rings (SSSR count). The Morgan fingerprint density at radius 1 is 1.23 bits per heavy atom. The van der Waals surface area contributed by atoms with Crippen molar-refractivity contribution < 1.29 is 14.7 Å². The Bertz CT molecular complexity index is 1210. The molecule has 9 heteroatoms. The molecule has 0 bridgehead atoms. The van der Waals surface area contributed by atoms with Crippen molar-refractivity contribution in [3.05, 3.63) is 64.1 Å². The quantitative estimate of drug-likeness (QED) is 0.657. The van der Waals surface area contributed by atoms with Gasteiger partial charge in [0.25, 0.3) is 11.5 Å². The number of carbonyl (C=O) groups is 2. The highest BCUT2D eigenvalue weighted by molar-refractivity contribution is 5.97. The Morgan fingerprint density at radius 3 is 2.77 bits per heavy atom. The number of aliphatic hydroxyl groups excluding tert-OH is 1. The van der Waals surface area contributed by atoms with Crippen LogP contribution in [0.4, 0.5) is 0 Å². The SMILES string of the molecule is CCCNC(=O)[C@@H]1[C@@H](CO)[C@@H]2Cn3c(ccc(C4=CCCCC4)c3=O)[C@@H]2N1C(=O)c1cnccn1. The number of carbonyl (C=O) groups excluding carboxylic acids is 2. The van der Waals surface area contributed by atoms with E-state index in [1.54, 1.807) is 4.57 Å². The Morgan fingerprint density at radius 2 is 2.09 bits per heavy atom. The molecule has 0 spiro atoms. The zero-order valence-corrected chi connectivity index (χ0v) is 19.9. The van der Waals surface area contributed by atoms with Gasteiger partial charge in [0.05, 0.1) is 12.2 Å². The predicted molar refractivity (Wildman–Crippen MR) is 129 cm³/mol. The van der Waals surface area contributed by atoms with Crippen LogP contribution in [0.25, 0.3) is 5.57 Å². The number of aliphatic hydroxyl groups is 1. The van der Waals surface area contributed by atoms with E-state index in [1.165, 1.54) is 23.5 Å². The number of nitrogens with zero attached hydrogens (tertiary/aromatic N) is 4. The second-order valence-corrected chi connectivity index (χ2v) is 9.56. The van der Waals surface area contributed by atoms with Gasteiger partial charge < -0.3 is 19.9 Å². The molecule has 2 amide bonds. The summed E-state index contributed by atoms with van der Waals surface area (Å²) in [6.07, 6.45) is 11.3. The van der Waals surface area contributed by atoms with Gasteiger partial charge in [-0.1, -0.05) is 13.0 Å². The molecular weight excluding hydrogens is 446 g/mol. The second-order valence-electron chi connectivity index (χ2n) is 9.56. The van der Waals surface area contributed by atoms with Gasteiger partial charge in [-0.05, 0) is 49.8 Å². The van der Waals surface area contributed by atoms with Crippen LogP contribution in [-0.2, 0) is 11.3 Å². The summed E-state index contributed by atoms with van der Waals surface area (Å²) in [5, 5.41) is 13.3. The first-order chi connectivity index (χ1) is 17.1. The maximum Gasteiger partial charge on any atom is 0.275 e. The lowest BCUT2D eigenvalue weighted by molar-refractivity contribution is -0.126. The molecule has 2 aliphatic heterocycles. The number of rotatable bonds is 6. The van der Waals surface area contributed by atoms with Crippen LogP contribution in [0.2, 0.25) is 0 Å². The van der Waals surface area contributed by atoms with Crippen LogP contribution in [-0.4, -0.2) is 55.5 Å². The van der Waals surface area contributed by atoms with Gasteiger partial charge in [0.1, 0.15) is 11.7 Å². The van der Waals surface area contributed by atoms with E-state index < -0.39 is 23.9 Å². The fourth-order valence-electron chi connectivity index (χ4n) is 5.93. The van der Waals surface area contributed by atoms with E-state index in [1.807, 2.05) is 19.1 Å². The molecule has 0 aromatic carbocycles. The summed E-state index contributed by atoms with van der Waals surface area (Å²) in [6, 6.07) is 2.40. The van der Waals surface area contributed by atoms with Gasteiger partial charge in [-0.2, -0.15) is 0 Å². The van der Waals surface area contributed by atoms with Crippen molar-refractivity contribution in [3.63, 3.8) is 0 Å². The molecule has 1 fully saturated rings. The summed E-state index contributed by atoms with van der Waals surface area (Å²) in [5.41, 5.74) is 2.54. The summed E-state index contributed by atoms with van der Waals surface area (Å²) in [4.78, 5) is 50.2. The van der Waals surface area contributed by atoms with Crippen LogP contribution in [0.3, 0.4) is 0 Å². The van der Waals surface area contributed by atoms with Gasteiger partial charge >= 0.3 is 0 Å². The van der Waals surface area contributed by atoms with Gasteiger partial charge in [0.2, 0.25) is 5.91 Å². The third-order valence-corrected chi connectivity index (χ3v) is 7.55. The molecule has 1 aliphatic carbocycles. The smallest absolute Gasteiger partial charge is 0.275 e. The van der Waals surface area contributed by atoms with Crippen molar-refractivity contribution in [2.24, 2.45) is 11.8 Å². The minimum atomic E-state index is -0.861. The number of amides is 2. The minimum absolute atomic E-state index is 0.0689. The fourth-order valence-corrected chi connectivity index (χ4v) is 5.93. The third-order valence-electron chi connectivity index (χ3n) is 7.55. The second kappa shape index (κ2) is 9.73. The van der Waals surface area contributed by atoms with Crippen molar-refractivity contribution in [2.45, 2.75) is 57.7 Å². The van der Waals surface area contributed by atoms with Crippen LogP contribution in [0.5, 0.6) is 0 Å². The van der Waals surface area contributed by atoms with E-state index in [4.69, 9.17) is 0 Å². The topological polar surface area (TPSA) is 117 Å². The van der Waals surface area contributed by atoms with E-state index in [2.05, 4.69) is 21.4 Å². The van der Waals surface area contributed by atoms with Crippen molar-refractivity contribution in [1.29, 1.82) is 0 Å². The van der Waals surface area contributed by atoms with Crippen LogP contribution in [0.1, 0.15) is 66.8 Å². The van der Waals surface area contributed by atoms with E-state index in [9.17, 15) is 19.5 Å². The normalized spacial score (nSPS) is 25.1. The van der Waals surface area contributed by atoms with Gasteiger partial charge in [0, 0.05) is 55.2 Å². The maximum atomic E-state index is 13.7. The first kappa shape index (κ1) is 23.4. The molecule has 4 atom stereocenters. The number of hydrogen-bond donors (Lipinski definition) is 2. The van der Waals surface area contributed by atoms with E-state index >= 15 is 0 Å². The summed E-state index contributed by atoms with van der Waals surface area (Å²) in [7, 11) is 0. The summed E-state index contributed by atoms with van der Waals surface area (Å²) < 4.78 is 1.74. The van der Waals surface area contributed by atoms with E-state index in [-0.39, 0.29) is 29.7 Å². The van der Waals surface area contributed by atoms with Crippen molar-refractivity contribution in [3.8, 4) is 0 Å². The summed E-state index contributed by atoms with van der Waals surface area (Å²) in [6.45, 7) is 2.52. The van der Waals surface area contributed by atoms with Crippen molar-refractivity contribution >= 4 is 17.4 Å². The fraction of sp³-hybridized carbons (Fsp3) is 0.500. The molecule has 0 radical (unpaired) electrons. The van der Waals surface area contributed by atoms with Crippen molar-refractivity contribution in [1.82, 2.24) is 24.8 Å². The van der Waals surface area contributed by atoms with Crippen LogP contribution < -0.4 is 10.9 Å². The highest BCUT2D eigenvalue weighted by Gasteiger charge is 2.57. The molecule has 3 aliphatic rings. The molecule has 9 nitrogen and oxygen atoms in total. The molecule has 4 heterocycles. The minimum Gasteiger partial charge on any atom is -0.396 e. The molecule has 0 saturated carbocycles. The van der Waals surface area contributed by atoms with E-state index in [0.717, 1.165) is 37.7 Å². The third kappa shape index (κ3) is 3.97. The molecule has 184 valence electrons. The zero-order valence-electron chi connectivity index (χ0n) is 19.9. The van der Waals surface area contributed by atoms with Gasteiger partial charge in [-0.15, -0.1) is 0 Å². The molecule has 2 aromatic rings. The number of likely N-dealkylation sites (tertiary alicyclic amines) is 1. The van der Waals surface area contributed by atoms with Gasteiger partial charge in [-0.25, -0.2) is 4.98 Å². The van der Waals surface area contributed by atoms with Gasteiger partial charge in [0.15, 0.2) is 0 Å². The highest BCUT2D eigenvalue weighted by Crippen LogP contribution is 2.49. The highest BCUT2D eigenvalue weighted by atomic mass is 16.3. The zero-order chi connectivity index (χ0) is 24.5. The number of pyridine rings is 1. The number of aromatic nitrogens is 3. The monoisotopic (exact) mass is 477 g/mol. The molecule has 2 aromatic heterocycles. The molecule has 0 unspecified atom stereocenters. The average molecular weight is 478 g/mol. The van der Waals surface area contributed by atoms with E-state index in [0.29, 0.717) is 24.3 Å². The molecule has 35 heavy (non-hydrogen) atoms. The van der Waals surface area contributed by atoms with Crippen molar-refractivity contribution in [2.75, 3.05) is 13.2 Å². The molecular formula is C26H31N5O4. The molecule has 1 saturated heterocycles. The average Bonchev–Trinajstić information content (AvgIpc) is 3.43. The lowest BCUT2D eigenvalue weighted by Crippen LogP contribution is -2.50. The first-order valence-electron chi connectivity index (χ1n) is 12.5. The van der Waals surface area contributed by atoms with Crippen LogP contribution >= 0.6 is 0 Å².